The molecule has 33 heavy (non-hydrogen) atoms. The van der Waals surface area contributed by atoms with Crippen LogP contribution in [0.25, 0.3) is 11.3 Å². The van der Waals surface area contributed by atoms with Gasteiger partial charge in [0.2, 0.25) is 0 Å². The van der Waals surface area contributed by atoms with E-state index < -0.39 is 16.4 Å². The van der Waals surface area contributed by atoms with E-state index in [-0.39, 0.29) is 23.8 Å². The molecule has 2 saturated heterocycles. The van der Waals surface area contributed by atoms with Crippen LogP contribution in [0, 0.1) is 0 Å². The number of nitrogens with zero attached hydrogens (tertiary/aromatic N) is 4. The molecule has 1 aromatic heterocycles. The highest BCUT2D eigenvalue weighted by Gasteiger charge is 2.40. The monoisotopic (exact) mass is 472 g/mol. The molecule has 2 amide bonds. The summed E-state index contributed by atoms with van der Waals surface area (Å²) in [7, 11) is -1.25. The molecular formula is C23H28N4O5S. The number of benzene rings is 1. The molecule has 0 radical (unpaired) electrons. The Balaban J connectivity index is 1.50. The number of amides is 2. The Labute approximate surface area is 195 Å². The number of rotatable bonds is 2. The maximum atomic E-state index is 13.4. The fourth-order valence-corrected chi connectivity index (χ4v) is 5.73. The molecule has 10 heteroatoms. The lowest BCUT2D eigenvalue weighted by Crippen LogP contribution is -2.52. The Hall–Kier alpha value is -2.72. The third-order valence-electron chi connectivity index (χ3n) is 6.03. The van der Waals surface area contributed by atoms with Crippen LogP contribution in [-0.4, -0.2) is 80.8 Å². The molecule has 3 aliphatic heterocycles. The molecule has 4 heterocycles. The molecule has 9 nitrogen and oxygen atoms in total. The van der Waals surface area contributed by atoms with E-state index in [1.54, 1.807) is 9.80 Å². The number of hydrogen-bond acceptors (Lipinski definition) is 6. The minimum Gasteiger partial charge on any atom is -0.444 e. The summed E-state index contributed by atoms with van der Waals surface area (Å²) in [4.78, 5) is 29.9. The number of likely N-dealkylation sites (tertiary alicyclic amines) is 1. The molecule has 3 aliphatic rings. The summed E-state index contributed by atoms with van der Waals surface area (Å²) in [6.45, 7) is 8.42. The van der Waals surface area contributed by atoms with Crippen molar-refractivity contribution in [3.05, 3.63) is 35.5 Å². The molecule has 2 fully saturated rings. The first-order valence-corrected chi connectivity index (χ1v) is 12.5. The molecular weight excluding hydrogens is 444 g/mol. The summed E-state index contributed by atoms with van der Waals surface area (Å²) in [6.07, 6.45) is -0.356. The van der Waals surface area contributed by atoms with Gasteiger partial charge in [-0.2, -0.15) is 5.10 Å². The lowest BCUT2D eigenvalue weighted by atomic mass is 10.0. The van der Waals surface area contributed by atoms with E-state index in [1.807, 2.05) is 49.7 Å². The van der Waals surface area contributed by atoms with Crippen molar-refractivity contribution >= 4 is 22.8 Å². The largest absolute Gasteiger partial charge is 0.444 e. The van der Waals surface area contributed by atoms with Gasteiger partial charge in [-0.1, -0.05) is 18.2 Å². The van der Waals surface area contributed by atoms with E-state index in [1.165, 1.54) is 0 Å². The highest BCUT2D eigenvalue weighted by Crippen LogP contribution is 2.40. The number of fused-ring (bicyclic) bond motifs is 3. The SMILES string of the molecule is CC(C)(C)OC(=O)N1CC(n2nc(C(=O)N3CCOCC3)c3c2-c2ccccc2S(=O)C3)C1. The highest BCUT2D eigenvalue weighted by atomic mass is 32.2. The van der Waals surface area contributed by atoms with E-state index in [0.717, 1.165) is 21.7 Å². The zero-order valence-corrected chi connectivity index (χ0v) is 19.9. The predicted octanol–water partition coefficient (Wildman–Crippen LogP) is 2.44. The van der Waals surface area contributed by atoms with Crippen LogP contribution in [-0.2, 0) is 26.0 Å². The molecule has 0 spiro atoms. The van der Waals surface area contributed by atoms with E-state index in [9.17, 15) is 13.8 Å². The van der Waals surface area contributed by atoms with Gasteiger partial charge >= 0.3 is 6.09 Å². The number of carbonyl (C=O) groups is 2. The van der Waals surface area contributed by atoms with Gasteiger partial charge in [-0.3, -0.25) is 13.7 Å². The van der Waals surface area contributed by atoms with Gasteiger partial charge in [0.15, 0.2) is 5.69 Å². The van der Waals surface area contributed by atoms with Crippen LogP contribution in [0.15, 0.2) is 29.2 Å². The Morgan fingerprint density at radius 2 is 1.82 bits per heavy atom. The van der Waals surface area contributed by atoms with Gasteiger partial charge in [-0.05, 0) is 26.8 Å². The first kappa shape index (κ1) is 22.1. The topological polar surface area (TPSA) is 94.0 Å². The molecule has 2 aromatic rings. The fourth-order valence-electron chi connectivity index (χ4n) is 4.40. The zero-order valence-electron chi connectivity index (χ0n) is 19.1. The molecule has 176 valence electrons. The Morgan fingerprint density at radius 3 is 2.52 bits per heavy atom. The second-order valence-electron chi connectivity index (χ2n) is 9.55. The third kappa shape index (κ3) is 4.06. The minimum atomic E-state index is -1.25. The molecule has 5 rings (SSSR count). The van der Waals surface area contributed by atoms with Crippen molar-refractivity contribution in [2.24, 2.45) is 0 Å². The Morgan fingerprint density at radius 1 is 1.12 bits per heavy atom. The van der Waals surface area contributed by atoms with Crippen molar-refractivity contribution in [1.82, 2.24) is 19.6 Å². The van der Waals surface area contributed by atoms with Crippen LogP contribution >= 0.6 is 0 Å². The summed E-state index contributed by atoms with van der Waals surface area (Å²) in [5.74, 6) is 0.0910. The van der Waals surface area contributed by atoms with E-state index in [2.05, 4.69) is 0 Å². The van der Waals surface area contributed by atoms with Gasteiger partial charge in [0.25, 0.3) is 5.91 Å². The average molecular weight is 473 g/mol. The quantitative estimate of drug-likeness (QED) is 0.667. The first-order chi connectivity index (χ1) is 15.7. The van der Waals surface area contributed by atoms with Gasteiger partial charge in [0, 0.05) is 42.2 Å². The Kier molecular flexibility index (Phi) is 5.52. The number of morpholine rings is 1. The highest BCUT2D eigenvalue weighted by molar-refractivity contribution is 7.84. The molecule has 0 bridgehead atoms. The average Bonchev–Trinajstić information content (AvgIpc) is 3.11. The van der Waals surface area contributed by atoms with E-state index in [4.69, 9.17) is 14.6 Å². The smallest absolute Gasteiger partial charge is 0.410 e. The van der Waals surface area contributed by atoms with E-state index in [0.29, 0.717) is 45.1 Å². The summed E-state index contributed by atoms with van der Waals surface area (Å²) >= 11 is 0. The molecule has 1 atom stereocenters. The summed E-state index contributed by atoms with van der Waals surface area (Å²) < 4.78 is 25.7. The summed E-state index contributed by atoms with van der Waals surface area (Å²) in [5.41, 5.74) is 2.18. The zero-order chi connectivity index (χ0) is 23.3. The second-order valence-corrected chi connectivity index (χ2v) is 11.0. The van der Waals surface area contributed by atoms with Crippen molar-refractivity contribution < 1.29 is 23.3 Å². The number of carbonyl (C=O) groups excluding carboxylic acids is 2. The van der Waals surface area contributed by atoms with Gasteiger partial charge < -0.3 is 19.3 Å². The van der Waals surface area contributed by atoms with Gasteiger partial charge in [0.05, 0.1) is 41.5 Å². The summed E-state index contributed by atoms with van der Waals surface area (Å²) in [5, 5.41) is 4.76. The third-order valence-corrected chi connectivity index (χ3v) is 7.43. The molecule has 0 aliphatic carbocycles. The van der Waals surface area contributed by atoms with Crippen LogP contribution < -0.4 is 0 Å². The number of ether oxygens (including phenoxy) is 2. The van der Waals surface area contributed by atoms with Gasteiger partial charge in [0.1, 0.15) is 5.60 Å². The molecule has 0 saturated carbocycles. The standard InChI is InChI=1S/C23H28N4O5S/c1-23(2,3)32-22(29)26-12-15(13-26)27-20-16-6-4-5-7-18(16)33(30)14-17(20)19(24-27)21(28)25-8-10-31-11-9-25/h4-7,15H,8-14H2,1-3H3. The molecule has 1 aromatic carbocycles. The lowest BCUT2D eigenvalue weighted by Gasteiger charge is -2.40. The van der Waals surface area contributed by atoms with Crippen molar-refractivity contribution in [3.63, 3.8) is 0 Å². The number of aromatic nitrogens is 2. The normalized spacial score (nSPS) is 20.6. The van der Waals surface area contributed by atoms with Crippen molar-refractivity contribution in [2.45, 2.75) is 43.1 Å². The molecule has 1 unspecified atom stereocenters. The molecule has 0 N–H and O–H groups in total. The van der Waals surface area contributed by atoms with Crippen LogP contribution in [0.3, 0.4) is 0 Å². The van der Waals surface area contributed by atoms with Crippen LogP contribution in [0.2, 0.25) is 0 Å². The maximum Gasteiger partial charge on any atom is 0.410 e. The van der Waals surface area contributed by atoms with Crippen molar-refractivity contribution in [1.29, 1.82) is 0 Å². The van der Waals surface area contributed by atoms with Crippen LogP contribution in [0.5, 0.6) is 0 Å². The van der Waals surface area contributed by atoms with Gasteiger partial charge in [-0.25, -0.2) is 4.79 Å². The first-order valence-electron chi connectivity index (χ1n) is 11.2. The number of hydrogen-bond donors (Lipinski definition) is 0. The minimum absolute atomic E-state index is 0.0860. The predicted molar refractivity (Wildman–Crippen MR) is 121 cm³/mol. The van der Waals surface area contributed by atoms with Crippen molar-refractivity contribution in [2.75, 3.05) is 39.4 Å². The second kappa shape index (κ2) is 8.25. The fraction of sp³-hybridized carbons (Fsp3) is 0.522. The van der Waals surface area contributed by atoms with Crippen molar-refractivity contribution in [3.8, 4) is 11.3 Å². The summed E-state index contributed by atoms with van der Waals surface area (Å²) in [6, 6.07) is 7.48. The van der Waals surface area contributed by atoms with Crippen LogP contribution in [0.4, 0.5) is 4.79 Å². The maximum absolute atomic E-state index is 13.4. The van der Waals surface area contributed by atoms with E-state index >= 15 is 0 Å². The van der Waals surface area contributed by atoms with Crippen LogP contribution in [0.1, 0.15) is 42.9 Å². The Bertz CT molecular complexity index is 1130. The van der Waals surface area contributed by atoms with Gasteiger partial charge in [-0.15, -0.1) is 0 Å². The lowest BCUT2D eigenvalue weighted by molar-refractivity contribution is -0.000341.